The average Bonchev–Trinajstić information content (AvgIpc) is 2.82. The predicted octanol–water partition coefficient (Wildman–Crippen LogP) is 1.78. The molecule has 5 heteroatoms. The maximum atomic E-state index is 12.0. The van der Waals surface area contributed by atoms with Gasteiger partial charge in [0, 0.05) is 11.9 Å². The van der Waals surface area contributed by atoms with Gasteiger partial charge in [-0.2, -0.15) is 0 Å². The van der Waals surface area contributed by atoms with Crippen LogP contribution in [0.4, 0.5) is 0 Å². The lowest BCUT2D eigenvalue weighted by atomic mass is 10.1. The zero-order valence-corrected chi connectivity index (χ0v) is 12.5. The largest absolute Gasteiger partial charge is 0.368 e. The molecule has 1 aromatic rings. The number of carbonyl (C=O) groups is 1. The van der Waals surface area contributed by atoms with Crippen LogP contribution in [-0.4, -0.2) is 43.7 Å². The highest BCUT2D eigenvalue weighted by molar-refractivity contribution is 7.10. The predicted molar refractivity (Wildman–Crippen MR) is 77.4 cm³/mol. The molecule has 0 aliphatic carbocycles. The fourth-order valence-electron chi connectivity index (χ4n) is 2.13. The van der Waals surface area contributed by atoms with E-state index in [9.17, 15) is 4.79 Å². The van der Waals surface area contributed by atoms with E-state index in [0.29, 0.717) is 6.54 Å². The number of aryl methyl sites for hydroxylation is 1. The number of likely N-dealkylation sites (N-methyl/N-ethyl adjacent to an activating group) is 1. The molecule has 2 rings (SSSR count). The van der Waals surface area contributed by atoms with Gasteiger partial charge in [-0.3, -0.25) is 4.79 Å². The lowest BCUT2D eigenvalue weighted by Gasteiger charge is -2.24. The molecule has 1 aliphatic heterocycles. The van der Waals surface area contributed by atoms with Gasteiger partial charge in [0.25, 0.3) is 0 Å². The van der Waals surface area contributed by atoms with E-state index >= 15 is 0 Å². The van der Waals surface area contributed by atoms with Crippen molar-refractivity contribution in [3.63, 3.8) is 0 Å². The van der Waals surface area contributed by atoms with Crippen molar-refractivity contribution in [1.82, 2.24) is 10.2 Å². The minimum absolute atomic E-state index is 0.0614. The summed E-state index contributed by atoms with van der Waals surface area (Å²) in [6.07, 6.45) is 2.24. The minimum Gasteiger partial charge on any atom is -0.368 e. The summed E-state index contributed by atoms with van der Waals surface area (Å²) in [4.78, 5) is 15.0. The molecule has 1 aliphatic rings. The Morgan fingerprint density at radius 2 is 2.26 bits per heavy atom. The summed E-state index contributed by atoms with van der Waals surface area (Å²) in [5, 5.41) is 5.35. The molecule has 1 aromatic heterocycles. The van der Waals surface area contributed by atoms with E-state index in [2.05, 4.69) is 23.7 Å². The number of ether oxygens (including phenoxy) is 1. The molecule has 106 valence electrons. The maximum absolute atomic E-state index is 12.0. The van der Waals surface area contributed by atoms with Crippen molar-refractivity contribution < 1.29 is 9.53 Å². The SMILES string of the molecule is Cc1ccsc1CN(C)C(=O)COC1CCNCC1. The summed E-state index contributed by atoms with van der Waals surface area (Å²) in [7, 11) is 1.84. The standard InChI is InChI=1S/C14H22N2O2S/c1-11-5-8-19-13(11)9-16(2)14(17)10-18-12-3-6-15-7-4-12/h5,8,12,15H,3-4,6-7,9-10H2,1-2H3. The molecular weight excluding hydrogens is 260 g/mol. The summed E-state index contributed by atoms with van der Waals surface area (Å²) in [5.74, 6) is 0.0614. The molecule has 0 unspecified atom stereocenters. The summed E-state index contributed by atoms with van der Waals surface area (Å²) in [5.41, 5.74) is 1.25. The van der Waals surface area contributed by atoms with Gasteiger partial charge in [0.1, 0.15) is 6.61 Å². The third-order valence-corrected chi connectivity index (χ3v) is 4.51. The number of carbonyl (C=O) groups excluding carboxylic acids is 1. The highest BCUT2D eigenvalue weighted by Gasteiger charge is 2.17. The van der Waals surface area contributed by atoms with Crippen LogP contribution >= 0.6 is 11.3 Å². The van der Waals surface area contributed by atoms with E-state index in [4.69, 9.17) is 4.74 Å². The smallest absolute Gasteiger partial charge is 0.248 e. The Balaban J connectivity index is 1.74. The molecule has 2 heterocycles. The second kappa shape index (κ2) is 7.03. The van der Waals surface area contributed by atoms with Crippen molar-refractivity contribution in [2.24, 2.45) is 0 Å². The van der Waals surface area contributed by atoms with Crippen molar-refractivity contribution in [2.45, 2.75) is 32.4 Å². The molecule has 1 saturated heterocycles. The molecule has 0 saturated carbocycles. The van der Waals surface area contributed by atoms with Crippen molar-refractivity contribution in [1.29, 1.82) is 0 Å². The number of rotatable bonds is 5. The van der Waals surface area contributed by atoms with Crippen LogP contribution in [0.3, 0.4) is 0 Å². The Labute approximate surface area is 118 Å². The van der Waals surface area contributed by atoms with Crippen LogP contribution in [0.15, 0.2) is 11.4 Å². The molecule has 0 bridgehead atoms. The molecule has 1 fully saturated rings. The average molecular weight is 282 g/mol. The first-order valence-corrected chi connectivity index (χ1v) is 7.64. The summed E-state index contributed by atoms with van der Waals surface area (Å²) < 4.78 is 5.69. The molecule has 0 radical (unpaired) electrons. The first-order valence-electron chi connectivity index (χ1n) is 6.76. The van der Waals surface area contributed by atoms with E-state index in [0.717, 1.165) is 25.9 Å². The molecule has 1 N–H and O–H groups in total. The van der Waals surface area contributed by atoms with Gasteiger partial charge in [-0.05, 0) is 49.9 Å². The number of thiophene rings is 1. The number of nitrogens with zero attached hydrogens (tertiary/aromatic N) is 1. The molecule has 0 spiro atoms. The van der Waals surface area contributed by atoms with Gasteiger partial charge in [-0.15, -0.1) is 11.3 Å². The molecule has 19 heavy (non-hydrogen) atoms. The van der Waals surface area contributed by atoms with E-state index in [-0.39, 0.29) is 18.6 Å². The molecule has 0 atom stereocenters. The Morgan fingerprint density at radius 3 is 2.89 bits per heavy atom. The van der Waals surface area contributed by atoms with Crippen LogP contribution in [-0.2, 0) is 16.1 Å². The summed E-state index contributed by atoms with van der Waals surface area (Å²) in [6.45, 7) is 4.94. The Morgan fingerprint density at radius 1 is 1.53 bits per heavy atom. The highest BCUT2D eigenvalue weighted by atomic mass is 32.1. The van der Waals surface area contributed by atoms with Crippen LogP contribution in [0.5, 0.6) is 0 Å². The van der Waals surface area contributed by atoms with E-state index in [1.165, 1.54) is 10.4 Å². The third-order valence-electron chi connectivity index (χ3n) is 3.50. The zero-order chi connectivity index (χ0) is 13.7. The van der Waals surface area contributed by atoms with Gasteiger partial charge in [0.05, 0.1) is 12.6 Å². The van der Waals surface area contributed by atoms with Crippen molar-refractivity contribution >= 4 is 17.2 Å². The van der Waals surface area contributed by atoms with E-state index < -0.39 is 0 Å². The molecule has 0 aromatic carbocycles. The Hall–Kier alpha value is -0.910. The molecular formula is C14H22N2O2S. The normalized spacial score (nSPS) is 16.5. The number of amides is 1. The third kappa shape index (κ3) is 4.30. The van der Waals surface area contributed by atoms with Gasteiger partial charge in [0.15, 0.2) is 0 Å². The quantitative estimate of drug-likeness (QED) is 0.895. The van der Waals surface area contributed by atoms with Gasteiger partial charge in [-0.25, -0.2) is 0 Å². The molecule has 4 nitrogen and oxygen atoms in total. The topological polar surface area (TPSA) is 41.6 Å². The van der Waals surface area contributed by atoms with Crippen molar-refractivity contribution in [3.8, 4) is 0 Å². The van der Waals surface area contributed by atoms with Crippen molar-refractivity contribution in [3.05, 3.63) is 21.9 Å². The first-order chi connectivity index (χ1) is 9.16. The van der Waals surface area contributed by atoms with Crippen LogP contribution in [0.2, 0.25) is 0 Å². The lowest BCUT2D eigenvalue weighted by Crippen LogP contribution is -2.36. The Kier molecular flexibility index (Phi) is 5.36. The Bertz CT molecular complexity index is 413. The first kappa shape index (κ1) is 14.5. The monoisotopic (exact) mass is 282 g/mol. The van der Waals surface area contributed by atoms with Gasteiger partial charge in [0.2, 0.25) is 5.91 Å². The fraction of sp³-hybridized carbons (Fsp3) is 0.643. The van der Waals surface area contributed by atoms with Crippen LogP contribution in [0, 0.1) is 6.92 Å². The lowest BCUT2D eigenvalue weighted by molar-refractivity contribution is -0.137. The minimum atomic E-state index is 0.0614. The van der Waals surface area contributed by atoms with Crippen LogP contribution in [0.25, 0.3) is 0 Å². The number of piperidine rings is 1. The van der Waals surface area contributed by atoms with E-state index in [1.807, 2.05) is 7.05 Å². The van der Waals surface area contributed by atoms with E-state index in [1.54, 1.807) is 16.2 Å². The molecule has 1 amide bonds. The number of nitrogens with one attached hydrogen (secondary N) is 1. The van der Waals surface area contributed by atoms with Gasteiger partial charge >= 0.3 is 0 Å². The van der Waals surface area contributed by atoms with Crippen LogP contribution < -0.4 is 5.32 Å². The van der Waals surface area contributed by atoms with Crippen molar-refractivity contribution in [2.75, 3.05) is 26.7 Å². The van der Waals surface area contributed by atoms with Crippen LogP contribution in [0.1, 0.15) is 23.3 Å². The second-order valence-electron chi connectivity index (χ2n) is 5.04. The second-order valence-corrected chi connectivity index (χ2v) is 6.04. The summed E-state index contributed by atoms with van der Waals surface area (Å²) in [6, 6.07) is 2.09. The van der Waals surface area contributed by atoms with Gasteiger partial charge in [-0.1, -0.05) is 0 Å². The number of hydrogen-bond acceptors (Lipinski definition) is 4. The zero-order valence-electron chi connectivity index (χ0n) is 11.6. The van der Waals surface area contributed by atoms with Gasteiger partial charge < -0.3 is 15.0 Å². The fourth-order valence-corrected chi connectivity index (χ4v) is 3.09. The summed E-state index contributed by atoms with van der Waals surface area (Å²) >= 11 is 1.70. The maximum Gasteiger partial charge on any atom is 0.248 e. The number of hydrogen-bond donors (Lipinski definition) is 1. The highest BCUT2D eigenvalue weighted by Crippen LogP contribution is 2.17.